The second kappa shape index (κ2) is 11.5. The summed E-state index contributed by atoms with van der Waals surface area (Å²) >= 11 is 0. The summed E-state index contributed by atoms with van der Waals surface area (Å²) in [6.45, 7) is 6.11. The predicted octanol–water partition coefficient (Wildman–Crippen LogP) is 5.63. The molecule has 0 aromatic carbocycles. The summed E-state index contributed by atoms with van der Waals surface area (Å²) in [7, 11) is 0. The SMILES string of the molecule is CCCCC/C=C\C[C@@H]1OC(C)(C)O[C@H]1/C=C/[C@@H]1C/C=C\CCCC(=O)O1. The molecule has 1 fully saturated rings. The Morgan fingerprint density at radius 2 is 2.00 bits per heavy atom. The summed E-state index contributed by atoms with van der Waals surface area (Å²) in [6, 6.07) is 0. The monoisotopic (exact) mass is 376 g/mol. The molecule has 0 radical (unpaired) electrons. The molecule has 0 amide bonds. The molecule has 2 rings (SSSR count). The summed E-state index contributed by atoms with van der Waals surface area (Å²) in [4.78, 5) is 11.9. The van der Waals surface area contributed by atoms with Crippen LogP contribution in [0.5, 0.6) is 0 Å². The molecule has 0 aromatic rings. The fourth-order valence-electron chi connectivity index (χ4n) is 3.41. The van der Waals surface area contributed by atoms with Crippen molar-refractivity contribution in [3.8, 4) is 0 Å². The van der Waals surface area contributed by atoms with Gasteiger partial charge in [0.2, 0.25) is 0 Å². The van der Waals surface area contributed by atoms with Gasteiger partial charge in [0, 0.05) is 12.8 Å². The van der Waals surface area contributed by atoms with Gasteiger partial charge in [-0.15, -0.1) is 0 Å². The summed E-state index contributed by atoms with van der Waals surface area (Å²) < 4.78 is 17.7. The molecule has 2 heterocycles. The van der Waals surface area contributed by atoms with Gasteiger partial charge < -0.3 is 14.2 Å². The van der Waals surface area contributed by atoms with Gasteiger partial charge in [0.25, 0.3) is 0 Å². The Kier molecular flexibility index (Phi) is 9.29. The molecule has 0 aliphatic carbocycles. The summed E-state index contributed by atoms with van der Waals surface area (Å²) in [5.74, 6) is -0.714. The highest BCUT2D eigenvalue weighted by Gasteiger charge is 2.39. The lowest BCUT2D eigenvalue weighted by Crippen LogP contribution is -2.21. The number of unbranched alkanes of at least 4 members (excludes halogenated alkanes) is 3. The molecule has 3 atom stereocenters. The number of ether oxygens (including phenoxy) is 3. The largest absolute Gasteiger partial charge is 0.458 e. The van der Waals surface area contributed by atoms with Crippen LogP contribution in [0.2, 0.25) is 0 Å². The molecule has 4 heteroatoms. The fourth-order valence-corrected chi connectivity index (χ4v) is 3.41. The Hall–Kier alpha value is -1.39. The number of esters is 1. The third-order valence-corrected chi connectivity index (χ3v) is 4.82. The highest BCUT2D eigenvalue weighted by molar-refractivity contribution is 5.69. The molecular weight excluding hydrogens is 340 g/mol. The van der Waals surface area contributed by atoms with Crippen LogP contribution in [-0.4, -0.2) is 30.1 Å². The van der Waals surface area contributed by atoms with Crippen LogP contribution in [0, 0.1) is 0 Å². The van der Waals surface area contributed by atoms with Gasteiger partial charge in [-0.3, -0.25) is 4.79 Å². The third kappa shape index (κ3) is 8.44. The highest BCUT2D eigenvalue weighted by Crippen LogP contribution is 2.31. The van der Waals surface area contributed by atoms with E-state index >= 15 is 0 Å². The van der Waals surface area contributed by atoms with Crippen molar-refractivity contribution in [3.63, 3.8) is 0 Å². The number of cyclic esters (lactones) is 1. The van der Waals surface area contributed by atoms with Crippen LogP contribution in [0.4, 0.5) is 0 Å². The molecule has 0 spiro atoms. The molecule has 0 aromatic heterocycles. The molecule has 0 N–H and O–H groups in total. The first-order chi connectivity index (χ1) is 13.0. The maximum atomic E-state index is 11.9. The maximum Gasteiger partial charge on any atom is 0.306 e. The molecular formula is C23H36O4. The van der Waals surface area contributed by atoms with Gasteiger partial charge in [-0.2, -0.15) is 0 Å². The average Bonchev–Trinajstić information content (AvgIpc) is 2.96. The standard InChI is InChI=1S/C23H36O4/c1-4-5-6-7-8-12-15-20-21(27-23(2,3)26-20)18-17-19-14-11-9-10-13-16-22(24)25-19/h8-9,11-12,17-21H,4-7,10,13-16H2,1-3H3/b11-9-,12-8-,18-17+/t19-,20-,21-/m0/s1. The molecule has 1 saturated heterocycles. The summed E-state index contributed by atoms with van der Waals surface area (Å²) in [6.07, 6.45) is 21.0. The molecule has 4 nitrogen and oxygen atoms in total. The third-order valence-electron chi connectivity index (χ3n) is 4.82. The van der Waals surface area contributed by atoms with E-state index in [1.165, 1.54) is 19.3 Å². The van der Waals surface area contributed by atoms with Crippen molar-refractivity contribution in [1.82, 2.24) is 0 Å². The second-order valence-electron chi connectivity index (χ2n) is 7.85. The van der Waals surface area contributed by atoms with E-state index in [1.807, 2.05) is 26.0 Å². The van der Waals surface area contributed by atoms with E-state index in [0.29, 0.717) is 12.8 Å². The van der Waals surface area contributed by atoms with Crippen LogP contribution in [0.3, 0.4) is 0 Å². The first-order valence-electron chi connectivity index (χ1n) is 10.5. The molecule has 2 aliphatic heterocycles. The molecule has 0 bridgehead atoms. The van der Waals surface area contributed by atoms with Crippen LogP contribution in [-0.2, 0) is 19.0 Å². The smallest absolute Gasteiger partial charge is 0.306 e. The first-order valence-corrected chi connectivity index (χ1v) is 10.5. The lowest BCUT2D eigenvalue weighted by Gasteiger charge is -2.16. The predicted molar refractivity (Wildman–Crippen MR) is 108 cm³/mol. The Labute approximate surface area is 164 Å². The number of carbonyl (C=O) groups excluding carboxylic acids is 1. The normalized spacial score (nSPS) is 30.2. The highest BCUT2D eigenvalue weighted by atomic mass is 16.7. The van der Waals surface area contributed by atoms with E-state index in [0.717, 1.165) is 25.7 Å². The number of hydrogen-bond donors (Lipinski definition) is 0. The number of carbonyl (C=O) groups is 1. The van der Waals surface area contributed by atoms with E-state index in [-0.39, 0.29) is 24.3 Å². The van der Waals surface area contributed by atoms with Gasteiger partial charge in [-0.25, -0.2) is 0 Å². The zero-order valence-corrected chi connectivity index (χ0v) is 17.2. The zero-order valence-electron chi connectivity index (χ0n) is 17.2. The topological polar surface area (TPSA) is 44.8 Å². The van der Waals surface area contributed by atoms with Gasteiger partial charge in [-0.05, 0) is 52.0 Å². The summed E-state index contributed by atoms with van der Waals surface area (Å²) in [5.41, 5.74) is 0. The van der Waals surface area contributed by atoms with E-state index in [4.69, 9.17) is 14.2 Å². The Morgan fingerprint density at radius 3 is 2.81 bits per heavy atom. The summed E-state index contributed by atoms with van der Waals surface area (Å²) in [5, 5.41) is 0. The van der Waals surface area contributed by atoms with Crippen molar-refractivity contribution in [1.29, 1.82) is 0 Å². The second-order valence-corrected chi connectivity index (χ2v) is 7.85. The number of rotatable bonds is 8. The van der Waals surface area contributed by atoms with Gasteiger partial charge in [0.15, 0.2) is 5.79 Å². The minimum atomic E-state index is -0.593. The van der Waals surface area contributed by atoms with Crippen molar-refractivity contribution in [2.24, 2.45) is 0 Å². The Balaban J connectivity index is 1.91. The van der Waals surface area contributed by atoms with Crippen LogP contribution < -0.4 is 0 Å². The zero-order chi connectivity index (χ0) is 19.5. The van der Waals surface area contributed by atoms with Crippen molar-refractivity contribution in [2.45, 2.75) is 103 Å². The van der Waals surface area contributed by atoms with Crippen LogP contribution in [0.25, 0.3) is 0 Å². The van der Waals surface area contributed by atoms with Gasteiger partial charge in [0.05, 0.1) is 6.10 Å². The van der Waals surface area contributed by atoms with Crippen LogP contribution in [0.15, 0.2) is 36.5 Å². The average molecular weight is 377 g/mol. The van der Waals surface area contributed by atoms with Crippen molar-refractivity contribution < 1.29 is 19.0 Å². The van der Waals surface area contributed by atoms with Crippen LogP contribution in [0.1, 0.15) is 78.6 Å². The minimum Gasteiger partial charge on any atom is -0.458 e. The first kappa shape index (κ1) is 21.9. The van der Waals surface area contributed by atoms with Gasteiger partial charge in [0.1, 0.15) is 12.2 Å². The van der Waals surface area contributed by atoms with E-state index in [2.05, 4.69) is 31.2 Å². The van der Waals surface area contributed by atoms with E-state index in [1.54, 1.807) is 0 Å². The lowest BCUT2D eigenvalue weighted by atomic mass is 10.1. The fraction of sp³-hybridized carbons (Fsp3) is 0.696. The van der Waals surface area contributed by atoms with E-state index < -0.39 is 5.79 Å². The maximum absolute atomic E-state index is 11.9. The lowest BCUT2D eigenvalue weighted by molar-refractivity contribution is -0.147. The van der Waals surface area contributed by atoms with Crippen LogP contribution >= 0.6 is 0 Å². The molecule has 0 unspecified atom stereocenters. The molecule has 27 heavy (non-hydrogen) atoms. The molecule has 2 aliphatic rings. The number of hydrogen-bond acceptors (Lipinski definition) is 4. The molecule has 152 valence electrons. The van der Waals surface area contributed by atoms with Gasteiger partial charge in [-0.1, -0.05) is 50.1 Å². The van der Waals surface area contributed by atoms with Crippen molar-refractivity contribution >= 4 is 5.97 Å². The Morgan fingerprint density at radius 1 is 1.15 bits per heavy atom. The molecule has 0 saturated carbocycles. The Bertz CT molecular complexity index is 532. The van der Waals surface area contributed by atoms with E-state index in [9.17, 15) is 4.79 Å². The quantitative estimate of drug-likeness (QED) is 0.313. The van der Waals surface area contributed by atoms with Gasteiger partial charge >= 0.3 is 5.97 Å². The number of allylic oxidation sites excluding steroid dienone is 2. The minimum absolute atomic E-state index is 0.0127. The van der Waals surface area contributed by atoms with Crippen molar-refractivity contribution in [3.05, 3.63) is 36.5 Å². The van der Waals surface area contributed by atoms with Crippen molar-refractivity contribution in [2.75, 3.05) is 0 Å².